The number of carboxylic acids is 1. The molecule has 1 aliphatic carbocycles. The summed E-state index contributed by atoms with van der Waals surface area (Å²) in [7, 11) is 0. The second-order valence-corrected chi connectivity index (χ2v) is 8.22. The zero-order chi connectivity index (χ0) is 21.8. The third-order valence-electron chi connectivity index (χ3n) is 6.24. The lowest BCUT2D eigenvalue weighted by Crippen LogP contribution is -2.52. The second kappa shape index (κ2) is 8.94. The van der Waals surface area contributed by atoms with E-state index in [4.69, 9.17) is 9.47 Å². The first-order valence-corrected chi connectivity index (χ1v) is 10.6. The van der Waals surface area contributed by atoms with Gasteiger partial charge in [-0.25, -0.2) is 4.79 Å². The van der Waals surface area contributed by atoms with Gasteiger partial charge in [-0.05, 0) is 35.1 Å². The Morgan fingerprint density at radius 3 is 2.39 bits per heavy atom. The molecule has 162 valence electrons. The number of hydrogen-bond acceptors (Lipinski definition) is 4. The number of fused-ring (bicyclic) bond motifs is 3. The van der Waals surface area contributed by atoms with E-state index < -0.39 is 17.5 Å². The highest BCUT2D eigenvalue weighted by Gasteiger charge is 2.44. The SMILES string of the molecule is C=CCOCC1(C(=O)O)CCCN(C(=O)OCC2c3ccccc3-c3ccccc32)C1. The monoisotopic (exact) mass is 421 g/mol. The van der Waals surface area contributed by atoms with Crippen molar-refractivity contribution < 1.29 is 24.2 Å². The normalized spacial score (nSPS) is 20.1. The highest BCUT2D eigenvalue weighted by molar-refractivity contribution is 5.79. The van der Waals surface area contributed by atoms with Gasteiger partial charge in [-0.2, -0.15) is 0 Å². The number of amides is 1. The van der Waals surface area contributed by atoms with E-state index in [0.717, 1.165) is 11.1 Å². The van der Waals surface area contributed by atoms with E-state index in [-0.39, 0.29) is 32.3 Å². The van der Waals surface area contributed by atoms with Crippen molar-refractivity contribution in [2.75, 3.05) is 32.9 Å². The third-order valence-corrected chi connectivity index (χ3v) is 6.24. The molecule has 31 heavy (non-hydrogen) atoms. The van der Waals surface area contributed by atoms with Crippen LogP contribution in [0.2, 0.25) is 0 Å². The standard InChI is InChI=1S/C25H27NO5/c1-2-14-30-17-25(23(27)28)12-7-13-26(16-25)24(29)31-15-22-20-10-5-3-8-18(20)19-9-4-6-11-21(19)22/h2-6,8-11,22H,1,7,12-17H2,(H,27,28). The highest BCUT2D eigenvalue weighted by atomic mass is 16.6. The summed E-state index contributed by atoms with van der Waals surface area (Å²) in [5.41, 5.74) is 3.51. The van der Waals surface area contributed by atoms with Crippen LogP contribution in [0.3, 0.4) is 0 Å². The molecule has 1 aliphatic heterocycles. The molecule has 1 fully saturated rings. The van der Waals surface area contributed by atoms with Crippen LogP contribution in [0.5, 0.6) is 0 Å². The molecule has 2 aromatic carbocycles. The third kappa shape index (κ3) is 4.08. The van der Waals surface area contributed by atoms with E-state index in [9.17, 15) is 14.7 Å². The summed E-state index contributed by atoms with van der Waals surface area (Å²) in [6.07, 6.45) is 2.17. The van der Waals surface area contributed by atoms with Gasteiger partial charge in [0.25, 0.3) is 0 Å². The van der Waals surface area contributed by atoms with Crippen molar-refractivity contribution in [3.05, 3.63) is 72.3 Å². The Bertz CT molecular complexity index is 942. The molecule has 0 bridgehead atoms. The van der Waals surface area contributed by atoms with Crippen LogP contribution in [0.25, 0.3) is 11.1 Å². The second-order valence-electron chi connectivity index (χ2n) is 8.22. The van der Waals surface area contributed by atoms with E-state index in [1.54, 1.807) is 6.08 Å². The van der Waals surface area contributed by atoms with Gasteiger partial charge in [-0.1, -0.05) is 54.6 Å². The van der Waals surface area contributed by atoms with Gasteiger partial charge >= 0.3 is 12.1 Å². The predicted octanol–water partition coefficient (Wildman–Crippen LogP) is 4.30. The van der Waals surface area contributed by atoms with E-state index in [2.05, 4.69) is 30.8 Å². The summed E-state index contributed by atoms with van der Waals surface area (Å²) in [5, 5.41) is 9.82. The molecule has 2 aliphatic rings. The molecule has 1 amide bonds. The minimum absolute atomic E-state index is 0.0266. The summed E-state index contributed by atoms with van der Waals surface area (Å²) >= 11 is 0. The minimum Gasteiger partial charge on any atom is -0.481 e. The van der Waals surface area contributed by atoms with E-state index in [0.29, 0.717) is 19.4 Å². The molecule has 2 aromatic rings. The maximum absolute atomic E-state index is 12.9. The number of piperidine rings is 1. The van der Waals surface area contributed by atoms with Gasteiger partial charge < -0.3 is 19.5 Å². The predicted molar refractivity (Wildman–Crippen MR) is 117 cm³/mol. The number of carboxylic acid groups (broad SMARTS) is 1. The Balaban J connectivity index is 1.45. The Hall–Kier alpha value is -3.12. The molecular formula is C25H27NO5. The molecule has 1 unspecified atom stereocenters. The maximum atomic E-state index is 12.9. The summed E-state index contributed by atoms with van der Waals surface area (Å²) < 4.78 is 11.2. The molecule has 1 saturated heterocycles. The van der Waals surface area contributed by atoms with Crippen molar-refractivity contribution in [1.29, 1.82) is 0 Å². The zero-order valence-corrected chi connectivity index (χ0v) is 17.5. The Morgan fingerprint density at radius 1 is 1.13 bits per heavy atom. The molecule has 0 saturated carbocycles. The summed E-state index contributed by atoms with van der Waals surface area (Å²) in [4.78, 5) is 26.4. The molecule has 1 N–H and O–H groups in total. The lowest BCUT2D eigenvalue weighted by atomic mass is 9.81. The molecule has 1 atom stereocenters. The van der Waals surface area contributed by atoms with E-state index in [1.165, 1.54) is 16.0 Å². The van der Waals surface area contributed by atoms with Crippen molar-refractivity contribution in [2.24, 2.45) is 5.41 Å². The van der Waals surface area contributed by atoms with Crippen LogP contribution in [0.4, 0.5) is 4.79 Å². The number of ether oxygens (including phenoxy) is 2. The van der Waals surface area contributed by atoms with Crippen molar-refractivity contribution in [1.82, 2.24) is 4.90 Å². The molecule has 4 rings (SSSR count). The Morgan fingerprint density at radius 2 is 1.77 bits per heavy atom. The van der Waals surface area contributed by atoms with Crippen molar-refractivity contribution in [2.45, 2.75) is 18.8 Å². The zero-order valence-electron chi connectivity index (χ0n) is 17.5. The van der Waals surface area contributed by atoms with Crippen molar-refractivity contribution >= 4 is 12.1 Å². The summed E-state index contributed by atoms with van der Waals surface area (Å²) in [6.45, 7) is 4.69. The summed E-state index contributed by atoms with van der Waals surface area (Å²) in [6, 6.07) is 16.3. The van der Waals surface area contributed by atoms with Crippen LogP contribution in [-0.2, 0) is 14.3 Å². The minimum atomic E-state index is -1.12. The van der Waals surface area contributed by atoms with Crippen LogP contribution in [0.1, 0.15) is 29.9 Å². The number of aliphatic carboxylic acids is 1. The average Bonchev–Trinajstić information content (AvgIpc) is 3.11. The fourth-order valence-electron chi connectivity index (χ4n) is 4.66. The van der Waals surface area contributed by atoms with Gasteiger partial charge in [0.05, 0.1) is 13.2 Å². The molecular weight excluding hydrogens is 394 g/mol. The molecule has 1 heterocycles. The lowest BCUT2D eigenvalue weighted by molar-refractivity contribution is -0.156. The lowest BCUT2D eigenvalue weighted by Gasteiger charge is -2.39. The number of nitrogens with zero attached hydrogens (tertiary/aromatic N) is 1. The number of carbonyl (C=O) groups is 2. The topological polar surface area (TPSA) is 76.1 Å². The number of rotatable bonds is 7. The fourth-order valence-corrected chi connectivity index (χ4v) is 4.66. The smallest absolute Gasteiger partial charge is 0.409 e. The van der Waals surface area contributed by atoms with Crippen molar-refractivity contribution in [3.8, 4) is 11.1 Å². The van der Waals surface area contributed by atoms with Gasteiger partial charge in [-0.15, -0.1) is 6.58 Å². The Labute approximate surface area is 182 Å². The summed E-state index contributed by atoms with van der Waals surface area (Å²) in [5.74, 6) is -0.978. The maximum Gasteiger partial charge on any atom is 0.409 e. The number of likely N-dealkylation sites (tertiary alicyclic amines) is 1. The van der Waals surface area contributed by atoms with E-state index >= 15 is 0 Å². The molecule has 0 aromatic heterocycles. The van der Waals surface area contributed by atoms with Crippen LogP contribution in [0.15, 0.2) is 61.2 Å². The first kappa shape index (κ1) is 21.1. The Kier molecular flexibility index (Phi) is 6.09. The fraction of sp³-hybridized carbons (Fsp3) is 0.360. The number of hydrogen-bond donors (Lipinski definition) is 1. The van der Waals surface area contributed by atoms with E-state index in [1.807, 2.05) is 24.3 Å². The van der Waals surface area contributed by atoms with Crippen molar-refractivity contribution in [3.63, 3.8) is 0 Å². The highest BCUT2D eigenvalue weighted by Crippen LogP contribution is 2.44. The van der Waals surface area contributed by atoms with Crippen LogP contribution < -0.4 is 0 Å². The number of benzene rings is 2. The van der Waals surface area contributed by atoms with Gasteiger partial charge in [0.2, 0.25) is 0 Å². The van der Waals surface area contributed by atoms with Gasteiger partial charge in [0, 0.05) is 19.0 Å². The molecule has 0 spiro atoms. The first-order chi connectivity index (χ1) is 15.1. The first-order valence-electron chi connectivity index (χ1n) is 10.6. The van der Waals surface area contributed by atoms with Gasteiger partial charge in [0.1, 0.15) is 12.0 Å². The largest absolute Gasteiger partial charge is 0.481 e. The molecule has 6 nitrogen and oxygen atoms in total. The number of carbonyl (C=O) groups excluding carboxylic acids is 1. The average molecular weight is 421 g/mol. The molecule has 0 radical (unpaired) electrons. The quantitative estimate of drug-likeness (QED) is 0.533. The molecule has 6 heteroatoms. The van der Waals surface area contributed by atoms with Crippen LogP contribution >= 0.6 is 0 Å². The van der Waals surface area contributed by atoms with Crippen LogP contribution in [-0.4, -0.2) is 55.0 Å². The van der Waals surface area contributed by atoms with Gasteiger partial charge in [-0.3, -0.25) is 4.79 Å². The van der Waals surface area contributed by atoms with Gasteiger partial charge in [0.15, 0.2) is 0 Å². The van der Waals surface area contributed by atoms with Crippen LogP contribution in [0, 0.1) is 5.41 Å².